The molecule has 1 aliphatic heterocycles. The summed E-state index contributed by atoms with van der Waals surface area (Å²) in [6.45, 7) is 1.01. The Morgan fingerprint density at radius 3 is 2.89 bits per heavy atom. The number of tetrazole rings is 1. The van der Waals surface area contributed by atoms with Crippen LogP contribution in [0.2, 0.25) is 0 Å². The zero-order valence-electron chi connectivity index (χ0n) is 15.2. The molecule has 1 aliphatic rings. The van der Waals surface area contributed by atoms with E-state index in [0.29, 0.717) is 11.3 Å². The molecule has 28 heavy (non-hydrogen) atoms. The number of hydrogen-bond acceptors (Lipinski definition) is 5. The van der Waals surface area contributed by atoms with E-state index < -0.39 is 0 Å². The maximum Gasteiger partial charge on any atom is 0.257 e. The largest absolute Gasteiger partial charge is 0.328 e. The summed E-state index contributed by atoms with van der Waals surface area (Å²) in [6.07, 6.45) is 6.09. The van der Waals surface area contributed by atoms with E-state index in [1.54, 1.807) is 12.1 Å². The van der Waals surface area contributed by atoms with E-state index in [0.717, 1.165) is 35.5 Å². The highest BCUT2D eigenvalue weighted by molar-refractivity contribution is 6.07. The first kappa shape index (κ1) is 16.6. The summed E-state index contributed by atoms with van der Waals surface area (Å²) < 4.78 is 3.78. The van der Waals surface area contributed by atoms with Crippen LogP contribution in [0.5, 0.6) is 0 Å². The van der Waals surface area contributed by atoms with Crippen LogP contribution < -0.4 is 5.32 Å². The number of nitrogens with one attached hydrogen (secondary N) is 1. The predicted molar refractivity (Wildman–Crippen MR) is 104 cm³/mol. The lowest BCUT2D eigenvalue weighted by Crippen LogP contribution is -2.15. The number of amides is 1. The number of carbonyl (C=O) groups excluding carboxylic acids is 1. The summed E-state index contributed by atoms with van der Waals surface area (Å²) in [5.41, 5.74) is 3.89. The van der Waals surface area contributed by atoms with Gasteiger partial charge in [-0.15, -0.1) is 5.10 Å². The maximum absolute atomic E-state index is 12.9. The van der Waals surface area contributed by atoms with Crippen molar-refractivity contribution in [3.8, 4) is 5.69 Å². The van der Waals surface area contributed by atoms with Crippen molar-refractivity contribution in [3.63, 3.8) is 0 Å². The number of benzene rings is 2. The number of nitrogens with zero attached hydrogens (tertiary/aromatic N) is 6. The summed E-state index contributed by atoms with van der Waals surface area (Å²) in [4.78, 5) is 17.7. The molecule has 4 aromatic rings. The van der Waals surface area contributed by atoms with Gasteiger partial charge in [0.05, 0.1) is 22.3 Å². The quantitative estimate of drug-likeness (QED) is 0.596. The Bertz CT molecular complexity index is 1150. The maximum atomic E-state index is 12.9. The molecule has 0 saturated carbocycles. The standard InChI is InChI=1S/C20H19N7O/c28-20(15-6-3-4-7-17(15)27-13-21-24-25-27)22-14-9-10-18-16(12-14)23-19-8-2-1-5-11-26(18)19/h3-4,6-7,9-10,12-13H,1-2,5,8,11H2,(H,22,28). The minimum absolute atomic E-state index is 0.216. The zero-order chi connectivity index (χ0) is 18.9. The lowest BCUT2D eigenvalue weighted by Gasteiger charge is -2.10. The van der Waals surface area contributed by atoms with Crippen LogP contribution in [-0.2, 0) is 13.0 Å². The Labute approximate surface area is 161 Å². The second kappa shape index (κ2) is 6.88. The Morgan fingerprint density at radius 1 is 1.07 bits per heavy atom. The minimum Gasteiger partial charge on any atom is -0.328 e. The van der Waals surface area contributed by atoms with Crippen molar-refractivity contribution in [2.75, 3.05) is 5.32 Å². The molecule has 1 amide bonds. The van der Waals surface area contributed by atoms with Gasteiger partial charge in [0, 0.05) is 18.7 Å². The fourth-order valence-corrected chi connectivity index (χ4v) is 3.76. The summed E-state index contributed by atoms with van der Waals surface area (Å²) in [5.74, 6) is 0.922. The van der Waals surface area contributed by atoms with Gasteiger partial charge in [-0.2, -0.15) is 4.68 Å². The molecule has 140 valence electrons. The third-order valence-corrected chi connectivity index (χ3v) is 5.11. The molecule has 1 N–H and O–H groups in total. The molecule has 5 rings (SSSR count). The highest BCUT2D eigenvalue weighted by atomic mass is 16.1. The second-order valence-corrected chi connectivity index (χ2v) is 6.92. The fourth-order valence-electron chi connectivity index (χ4n) is 3.76. The molecule has 2 aromatic carbocycles. The van der Waals surface area contributed by atoms with Crippen molar-refractivity contribution >= 4 is 22.6 Å². The number of imidazole rings is 1. The summed E-state index contributed by atoms with van der Waals surface area (Å²) in [7, 11) is 0. The molecule has 0 fully saturated rings. The van der Waals surface area contributed by atoms with Crippen LogP contribution in [0.1, 0.15) is 35.4 Å². The summed E-state index contributed by atoms with van der Waals surface area (Å²) >= 11 is 0. The summed E-state index contributed by atoms with van der Waals surface area (Å²) in [6, 6.07) is 13.1. The number of anilines is 1. The number of aryl methyl sites for hydroxylation is 2. The Kier molecular flexibility index (Phi) is 4.08. The van der Waals surface area contributed by atoms with Crippen molar-refractivity contribution in [1.29, 1.82) is 0 Å². The van der Waals surface area contributed by atoms with Crippen LogP contribution in [0.15, 0.2) is 48.8 Å². The molecule has 8 heteroatoms. The van der Waals surface area contributed by atoms with Gasteiger partial charge in [0.1, 0.15) is 12.2 Å². The van der Waals surface area contributed by atoms with E-state index in [-0.39, 0.29) is 5.91 Å². The molecular weight excluding hydrogens is 354 g/mol. The lowest BCUT2D eigenvalue weighted by molar-refractivity contribution is 0.102. The Balaban J connectivity index is 1.45. The van der Waals surface area contributed by atoms with Crippen LogP contribution in [0.25, 0.3) is 16.7 Å². The number of aromatic nitrogens is 6. The van der Waals surface area contributed by atoms with Crippen molar-refractivity contribution in [3.05, 3.63) is 60.2 Å². The van der Waals surface area contributed by atoms with E-state index in [2.05, 4.69) is 25.4 Å². The van der Waals surface area contributed by atoms with Crippen LogP contribution >= 0.6 is 0 Å². The van der Waals surface area contributed by atoms with E-state index in [1.807, 2.05) is 30.3 Å². The van der Waals surface area contributed by atoms with E-state index in [9.17, 15) is 4.79 Å². The van der Waals surface area contributed by atoms with E-state index in [4.69, 9.17) is 4.98 Å². The van der Waals surface area contributed by atoms with Crippen LogP contribution in [0.4, 0.5) is 5.69 Å². The highest BCUT2D eigenvalue weighted by Gasteiger charge is 2.16. The topological polar surface area (TPSA) is 90.5 Å². The predicted octanol–water partition coefficient (Wildman–Crippen LogP) is 2.99. The van der Waals surface area contributed by atoms with E-state index in [1.165, 1.54) is 30.3 Å². The number of hydrogen-bond donors (Lipinski definition) is 1. The number of para-hydroxylation sites is 1. The lowest BCUT2D eigenvalue weighted by atomic mass is 10.1. The van der Waals surface area contributed by atoms with Gasteiger partial charge in [0.25, 0.3) is 5.91 Å². The van der Waals surface area contributed by atoms with Gasteiger partial charge < -0.3 is 9.88 Å². The van der Waals surface area contributed by atoms with Crippen LogP contribution in [0.3, 0.4) is 0 Å². The average molecular weight is 373 g/mol. The molecule has 0 radical (unpaired) electrons. The van der Waals surface area contributed by atoms with Gasteiger partial charge in [-0.25, -0.2) is 4.98 Å². The number of rotatable bonds is 3. The number of carbonyl (C=O) groups is 1. The number of fused-ring (bicyclic) bond motifs is 3. The van der Waals surface area contributed by atoms with E-state index >= 15 is 0 Å². The van der Waals surface area contributed by atoms with Gasteiger partial charge in [0.15, 0.2) is 0 Å². The molecule has 3 heterocycles. The molecule has 0 atom stereocenters. The van der Waals surface area contributed by atoms with Gasteiger partial charge in [0.2, 0.25) is 0 Å². The minimum atomic E-state index is -0.216. The molecule has 0 unspecified atom stereocenters. The van der Waals surface area contributed by atoms with Crippen molar-refractivity contribution in [2.45, 2.75) is 32.2 Å². The first-order valence-corrected chi connectivity index (χ1v) is 9.42. The third kappa shape index (κ3) is 2.92. The van der Waals surface area contributed by atoms with Crippen LogP contribution in [0, 0.1) is 0 Å². The normalized spacial score (nSPS) is 13.9. The monoisotopic (exact) mass is 373 g/mol. The smallest absolute Gasteiger partial charge is 0.257 e. The zero-order valence-corrected chi connectivity index (χ0v) is 15.2. The first-order valence-electron chi connectivity index (χ1n) is 9.42. The first-order chi connectivity index (χ1) is 13.8. The molecule has 0 spiro atoms. The molecule has 2 aromatic heterocycles. The SMILES string of the molecule is O=C(Nc1ccc2c(c1)nc1n2CCCCC1)c1ccccc1-n1cnnn1. The Morgan fingerprint density at radius 2 is 2.00 bits per heavy atom. The van der Waals surface area contributed by atoms with Gasteiger partial charge in [-0.3, -0.25) is 4.79 Å². The molecule has 0 saturated heterocycles. The van der Waals surface area contributed by atoms with Crippen molar-refractivity contribution in [2.24, 2.45) is 0 Å². The highest BCUT2D eigenvalue weighted by Crippen LogP contribution is 2.25. The Hall–Kier alpha value is -3.55. The molecule has 8 nitrogen and oxygen atoms in total. The molecule has 0 bridgehead atoms. The second-order valence-electron chi connectivity index (χ2n) is 6.92. The third-order valence-electron chi connectivity index (χ3n) is 5.11. The van der Waals surface area contributed by atoms with Gasteiger partial charge >= 0.3 is 0 Å². The van der Waals surface area contributed by atoms with Gasteiger partial charge in [-0.1, -0.05) is 18.6 Å². The van der Waals surface area contributed by atoms with Crippen molar-refractivity contribution < 1.29 is 4.79 Å². The average Bonchev–Trinajstić information content (AvgIpc) is 3.30. The molecule has 0 aliphatic carbocycles. The van der Waals surface area contributed by atoms with Crippen LogP contribution in [-0.4, -0.2) is 35.7 Å². The van der Waals surface area contributed by atoms with Crippen molar-refractivity contribution in [1.82, 2.24) is 29.8 Å². The van der Waals surface area contributed by atoms with Gasteiger partial charge in [-0.05, 0) is 53.6 Å². The molecular formula is C20H19N7O. The fraction of sp³-hybridized carbons (Fsp3) is 0.250. The summed E-state index contributed by atoms with van der Waals surface area (Å²) in [5, 5.41) is 14.2.